The number of alkyl halides is 3. The molecule has 1 aromatic rings. The summed E-state index contributed by atoms with van der Waals surface area (Å²) in [6.07, 6.45) is -4.17. The standard InChI is InChI=1S/C11H13F3N2O4S/c1-6(2)8(10(17)18)16-21(19,20)7-4-3-5-15-9(7)11(12,13)14/h3-6,8,16H,1-2H3,(H,17,18)/t8-/m0/s1. The predicted molar refractivity (Wildman–Crippen MR) is 65.8 cm³/mol. The Bertz CT molecular complexity index is 629. The van der Waals surface area contributed by atoms with Gasteiger partial charge in [-0.25, -0.2) is 8.42 Å². The Balaban J connectivity index is 3.30. The highest BCUT2D eigenvalue weighted by Crippen LogP contribution is 2.32. The summed E-state index contributed by atoms with van der Waals surface area (Å²) in [6.45, 7) is 2.85. The molecular weight excluding hydrogens is 313 g/mol. The van der Waals surface area contributed by atoms with E-state index in [1.807, 2.05) is 0 Å². The van der Waals surface area contributed by atoms with Crippen molar-refractivity contribution in [2.75, 3.05) is 0 Å². The molecule has 2 N–H and O–H groups in total. The number of halogens is 3. The van der Waals surface area contributed by atoms with Gasteiger partial charge in [0.1, 0.15) is 10.9 Å². The van der Waals surface area contributed by atoms with Gasteiger partial charge in [-0.3, -0.25) is 9.78 Å². The van der Waals surface area contributed by atoms with Crippen LogP contribution in [0.2, 0.25) is 0 Å². The molecule has 0 unspecified atom stereocenters. The number of nitrogens with zero attached hydrogens (tertiary/aromatic N) is 1. The first-order chi connectivity index (χ1) is 9.47. The first-order valence-electron chi connectivity index (χ1n) is 5.74. The average Bonchev–Trinajstić information content (AvgIpc) is 2.34. The fourth-order valence-corrected chi connectivity index (χ4v) is 3.04. The van der Waals surface area contributed by atoms with Gasteiger partial charge in [0, 0.05) is 6.20 Å². The summed E-state index contributed by atoms with van der Waals surface area (Å²) in [5.41, 5.74) is -1.59. The second-order valence-electron chi connectivity index (χ2n) is 4.53. The van der Waals surface area contributed by atoms with Crippen LogP contribution in [0.5, 0.6) is 0 Å². The monoisotopic (exact) mass is 326 g/mol. The molecule has 6 nitrogen and oxygen atoms in total. The van der Waals surface area contributed by atoms with Crippen LogP contribution in [-0.2, 0) is 21.0 Å². The van der Waals surface area contributed by atoms with E-state index in [0.717, 1.165) is 18.3 Å². The topological polar surface area (TPSA) is 96.4 Å². The third-order valence-corrected chi connectivity index (χ3v) is 4.02. The van der Waals surface area contributed by atoms with E-state index < -0.39 is 44.7 Å². The summed E-state index contributed by atoms with van der Waals surface area (Å²) in [5.74, 6) is -2.13. The van der Waals surface area contributed by atoms with Crippen LogP contribution in [0.3, 0.4) is 0 Å². The van der Waals surface area contributed by atoms with Crippen molar-refractivity contribution >= 4 is 16.0 Å². The van der Waals surface area contributed by atoms with E-state index in [4.69, 9.17) is 5.11 Å². The lowest BCUT2D eigenvalue weighted by atomic mass is 10.1. The molecule has 118 valence electrons. The highest BCUT2D eigenvalue weighted by Gasteiger charge is 2.40. The van der Waals surface area contributed by atoms with E-state index in [1.54, 1.807) is 4.72 Å². The number of sulfonamides is 1. The Kier molecular flexibility index (Phi) is 4.95. The Morgan fingerprint density at radius 3 is 2.38 bits per heavy atom. The van der Waals surface area contributed by atoms with Crippen LogP contribution < -0.4 is 4.72 Å². The second kappa shape index (κ2) is 5.98. The van der Waals surface area contributed by atoms with Gasteiger partial charge >= 0.3 is 12.1 Å². The number of pyridine rings is 1. The number of carboxylic acid groups (broad SMARTS) is 1. The van der Waals surface area contributed by atoms with Crippen molar-refractivity contribution in [3.8, 4) is 0 Å². The highest BCUT2D eigenvalue weighted by molar-refractivity contribution is 7.89. The van der Waals surface area contributed by atoms with E-state index >= 15 is 0 Å². The van der Waals surface area contributed by atoms with Crippen LogP contribution in [0.25, 0.3) is 0 Å². The number of aromatic nitrogens is 1. The number of carboxylic acids is 1. The Morgan fingerprint density at radius 2 is 1.95 bits per heavy atom. The minimum absolute atomic E-state index is 0.650. The van der Waals surface area contributed by atoms with Crippen LogP contribution in [0, 0.1) is 5.92 Å². The number of rotatable bonds is 5. The molecule has 1 atom stereocenters. The SMILES string of the molecule is CC(C)[C@H](NS(=O)(=O)c1cccnc1C(F)(F)F)C(=O)O. The highest BCUT2D eigenvalue weighted by atomic mass is 32.2. The third kappa shape index (κ3) is 4.14. The summed E-state index contributed by atoms with van der Waals surface area (Å²) in [4.78, 5) is 12.9. The Morgan fingerprint density at radius 1 is 1.38 bits per heavy atom. The van der Waals surface area contributed by atoms with Crippen molar-refractivity contribution in [1.29, 1.82) is 0 Å². The number of nitrogens with one attached hydrogen (secondary N) is 1. The third-order valence-electron chi connectivity index (χ3n) is 2.54. The number of hydrogen-bond acceptors (Lipinski definition) is 4. The van der Waals surface area contributed by atoms with Gasteiger partial charge in [-0.15, -0.1) is 0 Å². The van der Waals surface area contributed by atoms with Crippen LogP contribution in [0.4, 0.5) is 13.2 Å². The molecular formula is C11H13F3N2O4S. The minimum Gasteiger partial charge on any atom is -0.480 e. The molecule has 0 spiro atoms. The van der Waals surface area contributed by atoms with Crippen molar-refractivity contribution in [2.24, 2.45) is 5.92 Å². The summed E-state index contributed by atoms with van der Waals surface area (Å²) < 4.78 is 64.0. The van der Waals surface area contributed by atoms with Crippen molar-refractivity contribution < 1.29 is 31.5 Å². The molecule has 0 fully saturated rings. The maximum atomic E-state index is 12.8. The van der Waals surface area contributed by atoms with Crippen molar-refractivity contribution in [2.45, 2.75) is 31.0 Å². The van der Waals surface area contributed by atoms with Gasteiger partial charge in [-0.05, 0) is 18.1 Å². The number of aliphatic carboxylic acids is 1. The van der Waals surface area contributed by atoms with Crippen LogP contribution in [0.15, 0.2) is 23.2 Å². The van der Waals surface area contributed by atoms with Gasteiger partial charge in [0.05, 0.1) is 0 Å². The molecule has 1 aromatic heterocycles. The predicted octanol–water partition coefficient (Wildman–Crippen LogP) is 1.49. The zero-order valence-corrected chi connectivity index (χ0v) is 11.9. The van der Waals surface area contributed by atoms with E-state index in [0.29, 0.717) is 0 Å². The molecule has 0 saturated heterocycles. The van der Waals surface area contributed by atoms with E-state index in [9.17, 15) is 26.4 Å². The maximum absolute atomic E-state index is 12.8. The van der Waals surface area contributed by atoms with Crippen LogP contribution >= 0.6 is 0 Å². The van der Waals surface area contributed by atoms with Gasteiger partial charge in [-0.2, -0.15) is 17.9 Å². The molecule has 0 bridgehead atoms. The molecule has 0 amide bonds. The lowest BCUT2D eigenvalue weighted by molar-refractivity contribution is -0.143. The van der Waals surface area contributed by atoms with Gasteiger partial charge < -0.3 is 5.11 Å². The zero-order chi connectivity index (χ0) is 16.4. The maximum Gasteiger partial charge on any atom is 0.434 e. The minimum atomic E-state index is -4.97. The Labute approximate surface area is 119 Å². The van der Waals surface area contributed by atoms with Crippen molar-refractivity contribution in [3.63, 3.8) is 0 Å². The second-order valence-corrected chi connectivity index (χ2v) is 6.21. The van der Waals surface area contributed by atoms with E-state index in [1.165, 1.54) is 13.8 Å². The molecule has 0 aromatic carbocycles. The Hall–Kier alpha value is -1.68. The van der Waals surface area contributed by atoms with E-state index in [2.05, 4.69) is 4.98 Å². The normalized spacial score (nSPS) is 14.2. The molecule has 0 saturated carbocycles. The summed E-state index contributed by atoms with van der Waals surface area (Å²) in [5, 5.41) is 8.92. The fourth-order valence-electron chi connectivity index (χ4n) is 1.52. The molecule has 0 aliphatic carbocycles. The summed E-state index contributed by atoms with van der Waals surface area (Å²) >= 11 is 0. The molecule has 10 heteroatoms. The zero-order valence-electron chi connectivity index (χ0n) is 11.0. The smallest absolute Gasteiger partial charge is 0.434 e. The molecule has 0 aliphatic heterocycles. The van der Waals surface area contributed by atoms with Crippen molar-refractivity contribution in [3.05, 3.63) is 24.0 Å². The van der Waals surface area contributed by atoms with Crippen LogP contribution in [-0.4, -0.2) is 30.5 Å². The molecule has 0 aliphatic rings. The molecule has 1 rings (SSSR count). The largest absolute Gasteiger partial charge is 0.480 e. The summed E-state index contributed by atoms with van der Waals surface area (Å²) in [6, 6.07) is 0.197. The first kappa shape index (κ1) is 17.4. The number of hydrogen-bond donors (Lipinski definition) is 2. The van der Waals surface area contributed by atoms with Crippen LogP contribution in [0.1, 0.15) is 19.5 Å². The van der Waals surface area contributed by atoms with Gasteiger partial charge in [0.25, 0.3) is 0 Å². The lowest BCUT2D eigenvalue weighted by Gasteiger charge is -2.19. The average molecular weight is 326 g/mol. The number of carbonyl (C=O) groups is 1. The molecule has 0 radical (unpaired) electrons. The summed E-state index contributed by atoms with van der Waals surface area (Å²) in [7, 11) is -4.68. The first-order valence-corrected chi connectivity index (χ1v) is 7.22. The van der Waals surface area contributed by atoms with E-state index in [-0.39, 0.29) is 0 Å². The fraction of sp³-hybridized carbons (Fsp3) is 0.455. The molecule has 1 heterocycles. The quantitative estimate of drug-likeness (QED) is 0.854. The van der Waals surface area contributed by atoms with Gasteiger partial charge in [0.15, 0.2) is 5.69 Å². The van der Waals surface area contributed by atoms with Crippen molar-refractivity contribution in [1.82, 2.24) is 9.71 Å². The molecule has 21 heavy (non-hydrogen) atoms. The van der Waals surface area contributed by atoms with Gasteiger partial charge in [0.2, 0.25) is 10.0 Å². The lowest BCUT2D eigenvalue weighted by Crippen LogP contribution is -2.44. The van der Waals surface area contributed by atoms with Gasteiger partial charge in [-0.1, -0.05) is 13.8 Å².